The maximum Gasteiger partial charge on any atom is 0.321 e. The molecule has 2 rings (SSSR count). The summed E-state index contributed by atoms with van der Waals surface area (Å²) in [7, 11) is 0. The number of amides is 2. The van der Waals surface area contributed by atoms with E-state index in [1.54, 1.807) is 6.07 Å². The summed E-state index contributed by atoms with van der Waals surface area (Å²) >= 11 is 0. The Labute approximate surface area is 92.3 Å². The number of hydrogen-bond donors (Lipinski definition) is 1. The van der Waals surface area contributed by atoms with Crippen molar-refractivity contribution in [2.75, 3.05) is 18.0 Å². The van der Waals surface area contributed by atoms with E-state index < -0.39 is 5.82 Å². The number of halogens is 1. The third-order valence-electron chi connectivity index (χ3n) is 2.46. The van der Waals surface area contributed by atoms with Gasteiger partial charge in [-0.1, -0.05) is 0 Å². The number of rotatable bonds is 1. The van der Waals surface area contributed by atoms with Crippen LogP contribution in [0.2, 0.25) is 0 Å². The first-order valence-corrected chi connectivity index (χ1v) is 4.97. The van der Waals surface area contributed by atoms with Crippen LogP contribution in [0.25, 0.3) is 0 Å². The van der Waals surface area contributed by atoms with E-state index in [9.17, 15) is 9.18 Å². The second kappa shape index (κ2) is 4.19. The third-order valence-corrected chi connectivity index (χ3v) is 2.46. The molecule has 1 aliphatic heterocycles. The second-order valence-corrected chi connectivity index (χ2v) is 3.51. The first-order chi connectivity index (χ1) is 7.72. The number of nitriles is 1. The van der Waals surface area contributed by atoms with E-state index in [2.05, 4.69) is 5.32 Å². The number of benzene rings is 1. The molecule has 1 fully saturated rings. The molecule has 0 saturated carbocycles. The maximum absolute atomic E-state index is 13.1. The molecule has 1 aliphatic rings. The summed E-state index contributed by atoms with van der Waals surface area (Å²) in [6, 6.07) is 5.64. The minimum atomic E-state index is -0.566. The van der Waals surface area contributed by atoms with Gasteiger partial charge in [0.05, 0.1) is 5.56 Å². The summed E-state index contributed by atoms with van der Waals surface area (Å²) in [6.45, 7) is 1.24. The average molecular weight is 219 g/mol. The Morgan fingerprint density at radius 2 is 2.31 bits per heavy atom. The van der Waals surface area contributed by atoms with E-state index in [1.807, 2.05) is 0 Å². The number of nitrogens with zero attached hydrogens (tertiary/aromatic N) is 2. The number of anilines is 1. The van der Waals surface area contributed by atoms with Gasteiger partial charge in [0.2, 0.25) is 0 Å². The van der Waals surface area contributed by atoms with E-state index in [4.69, 9.17) is 5.26 Å². The summed E-state index contributed by atoms with van der Waals surface area (Å²) < 4.78 is 13.1. The summed E-state index contributed by atoms with van der Waals surface area (Å²) in [5.41, 5.74) is 0.506. The molecule has 0 unspecified atom stereocenters. The van der Waals surface area contributed by atoms with E-state index >= 15 is 0 Å². The van der Waals surface area contributed by atoms with Crippen molar-refractivity contribution in [3.8, 4) is 6.07 Å². The van der Waals surface area contributed by atoms with E-state index in [0.717, 1.165) is 6.42 Å². The normalized spacial score (nSPS) is 15.5. The van der Waals surface area contributed by atoms with Crippen molar-refractivity contribution in [1.29, 1.82) is 5.26 Å². The van der Waals surface area contributed by atoms with Gasteiger partial charge in [-0.2, -0.15) is 5.26 Å². The van der Waals surface area contributed by atoms with Crippen molar-refractivity contribution in [2.24, 2.45) is 0 Å². The monoisotopic (exact) mass is 219 g/mol. The minimum Gasteiger partial charge on any atom is -0.338 e. The molecular weight excluding hydrogens is 209 g/mol. The highest BCUT2D eigenvalue weighted by Gasteiger charge is 2.19. The minimum absolute atomic E-state index is 0.0455. The zero-order valence-corrected chi connectivity index (χ0v) is 8.53. The van der Waals surface area contributed by atoms with Crippen LogP contribution in [-0.2, 0) is 0 Å². The average Bonchev–Trinajstić information content (AvgIpc) is 2.31. The smallest absolute Gasteiger partial charge is 0.321 e. The SMILES string of the molecule is N#Cc1cc(N2CCCNC2=O)ccc1F. The predicted molar refractivity (Wildman–Crippen MR) is 56.5 cm³/mol. The zero-order chi connectivity index (χ0) is 11.5. The highest BCUT2D eigenvalue weighted by atomic mass is 19.1. The molecular formula is C11H10FN3O. The largest absolute Gasteiger partial charge is 0.338 e. The highest BCUT2D eigenvalue weighted by Crippen LogP contribution is 2.20. The number of nitrogens with one attached hydrogen (secondary N) is 1. The fraction of sp³-hybridized carbons (Fsp3) is 0.273. The lowest BCUT2D eigenvalue weighted by atomic mass is 10.2. The Kier molecular flexibility index (Phi) is 2.73. The molecule has 4 nitrogen and oxygen atoms in total. The molecule has 0 bridgehead atoms. The number of carbonyl (C=O) groups excluding carboxylic acids is 1. The summed E-state index contributed by atoms with van der Waals surface area (Å²) in [5, 5.41) is 11.4. The molecule has 0 aliphatic carbocycles. The van der Waals surface area contributed by atoms with Gasteiger partial charge < -0.3 is 5.32 Å². The van der Waals surface area contributed by atoms with Crippen molar-refractivity contribution >= 4 is 11.7 Å². The van der Waals surface area contributed by atoms with Gasteiger partial charge >= 0.3 is 6.03 Å². The van der Waals surface area contributed by atoms with Gasteiger partial charge in [-0.15, -0.1) is 0 Å². The van der Waals surface area contributed by atoms with E-state index in [0.29, 0.717) is 18.8 Å². The Morgan fingerprint density at radius 1 is 1.50 bits per heavy atom. The topological polar surface area (TPSA) is 56.1 Å². The zero-order valence-electron chi connectivity index (χ0n) is 8.53. The maximum atomic E-state index is 13.1. The fourth-order valence-corrected chi connectivity index (χ4v) is 1.64. The molecule has 1 aromatic carbocycles. The van der Waals surface area contributed by atoms with Gasteiger partial charge in [-0.05, 0) is 24.6 Å². The standard InChI is InChI=1S/C11H10FN3O/c12-10-3-2-9(6-8(10)7-13)15-5-1-4-14-11(15)16/h2-3,6H,1,4-5H2,(H,14,16). The molecule has 0 atom stereocenters. The van der Waals surface area contributed by atoms with Gasteiger partial charge in [-0.25, -0.2) is 9.18 Å². The van der Waals surface area contributed by atoms with Crippen molar-refractivity contribution in [3.05, 3.63) is 29.6 Å². The summed E-state index contributed by atoms with van der Waals surface area (Å²) in [6.07, 6.45) is 0.838. The Bertz CT molecular complexity index is 467. The molecule has 1 aromatic rings. The molecule has 16 heavy (non-hydrogen) atoms. The molecule has 2 amide bonds. The van der Waals surface area contributed by atoms with Crippen LogP contribution >= 0.6 is 0 Å². The number of hydrogen-bond acceptors (Lipinski definition) is 2. The van der Waals surface area contributed by atoms with Crippen LogP contribution in [0, 0.1) is 17.1 Å². The first-order valence-electron chi connectivity index (χ1n) is 4.97. The first kappa shape index (κ1) is 10.4. The van der Waals surface area contributed by atoms with Crippen LogP contribution in [0.4, 0.5) is 14.9 Å². The molecule has 0 aromatic heterocycles. The summed E-state index contributed by atoms with van der Waals surface area (Å²) in [4.78, 5) is 13.0. The third kappa shape index (κ3) is 1.82. The van der Waals surface area contributed by atoms with Crippen molar-refractivity contribution in [2.45, 2.75) is 6.42 Å². The molecule has 1 N–H and O–H groups in total. The Hall–Kier alpha value is -2.09. The van der Waals surface area contributed by atoms with Gasteiger partial charge in [-0.3, -0.25) is 4.90 Å². The van der Waals surface area contributed by atoms with E-state index in [1.165, 1.54) is 23.1 Å². The molecule has 82 valence electrons. The van der Waals surface area contributed by atoms with Crippen LogP contribution in [0.5, 0.6) is 0 Å². The Morgan fingerprint density at radius 3 is 3.00 bits per heavy atom. The molecule has 1 saturated heterocycles. The van der Waals surface area contributed by atoms with Crippen LogP contribution in [0.1, 0.15) is 12.0 Å². The van der Waals surface area contributed by atoms with Gasteiger partial charge in [0.25, 0.3) is 0 Å². The molecule has 0 spiro atoms. The lowest BCUT2D eigenvalue weighted by molar-refractivity contribution is 0.243. The van der Waals surface area contributed by atoms with Crippen molar-refractivity contribution in [1.82, 2.24) is 5.32 Å². The Balaban J connectivity index is 2.33. The van der Waals surface area contributed by atoms with Crippen molar-refractivity contribution in [3.63, 3.8) is 0 Å². The lowest BCUT2D eigenvalue weighted by Crippen LogP contribution is -2.46. The molecule has 5 heteroatoms. The van der Waals surface area contributed by atoms with Gasteiger partial charge in [0.15, 0.2) is 0 Å². The van der Waals surface area contributed by atoms with Crippen LogP contribution in [0.3, 0.4) is 0 Å². The number of carbonyl (C=O) groups is 1. The second-order valence-electron chi connectivity index (χ2n) is 3.51. The molecule has 1 heterocycles. The number of urea groups is 1. The lowest BCUT2D eigenvalue weighted by Gasteiger charge is -2.27. The fourth-order valence-electron chi connectivity index (χ4n) is 1.64. The van der Waals surface area contributed by atoms with Gasteiger partial charge in [0.1, 0.15) is 11.9 Å². The van der Waals surface area contributed by atoms with E-state index in [-0.39, 0.29) is 11.6 Å². The predicted octanol–water partition coefficient (Wildman–Crippen LogP) is 1.62. The van der Waals surface area contributed by atoms with Crippen molar-refractivity contribution < 1.29 is 9.18 Å². The van der Waals surface area contributed by atoms with Gasteiger partial charge in [0, 0.05) is 18.8 Å². The summed E-state index contributed by atoms with van der Waals surface area (Å²) in [5.74, 6) is -0.566. The van der Waals surface area contributed by atoms with Crippen LogP contribution in [0.15, 0.2) is 18.2 Å². The highest BCUT2D eigenvalue weighted by molar-refractivity contribution is 5.92. The van der Waals surface area contributed by atoms with Crippen LogP contribution < -0.4 is 10.2 Å². The van der Waals surface area contributed by atoms with Crippen LogP contribution in [-0.4, -0.2) is 19.1 Å². The quantitative estimate of drug-likeness (QED) is 0.780. The molecule has 0 radical (unpaired) electrons.